The van der Waals surface area contributed by atoms with Crippen molar-refractivity contribution in [2.75, 3.05) is 23.9 Å². The molecule has 0 bridgehead atoms. The highest BCUT2D eigenvalue weighted by Crippen LogP contribution is 2.43. The highest BCUT2D eigenvalue weighted by Gasteiger charge is 2.40. The minimum absolute atomic E-state index is 0.186. The molecule has 8 nitrogen and oxygen atoms in total. The van der Waals surface area contributed by atoms with E-state index in [1.54, 1.807) is 4.72 Å². The van der Waals surface area contributed by atoms with Crippen LogP contribution in [0.4, 0.5) is 10.1 Å². The second-order valence-corrected chi connectivity index (χ2v) is 8.16. The van der Waals surface area contributed by atoms with Crippen molar-refractivity contribution in [1.29, 1.82) is 0 Å². The van der Waals surface area contributed by atoms with Crippen LogP contribution in [-0.2, 0) is 21.4 Å². The normalized spacial score (nSPS) is 21.4. The summed E-state index contributed by atoms with van der Waals surface area (Å²) in [5, 5.41) is 13.3. The molecule has 0 unspecified atom stereocenters. The smallest absolute Gasteiger partial charge is 0.326 e. The zero-order chi connectivity index (χ0) is 18.4. The van der Waals surface area contributed by atoms with Gasteiger partial charge >= 0.3 is 10.2 Å². The van der Waals surface area contributed by atoms with Gasteiger partial charge in [-0.2, -0.15) is 8.42 Å². The molecule has 0 radical (unpaired) electrons. The Hall–Kier alpha value is -2.07. The predicted molar refractivity (Wildman–Crippen MR) is 88.3 cm³/mol. The van der Waals surface area contributed by atoms with Crippen molar-refractivity contribution in [3.63, 3.8) is 0 Å². The van der Waals surface area contributed by atoms with Crippen LogP contribution in [-0.4, -0.2) is 45.2 Å². The number of aromatic hydroxyl groups is 1. The minimum atomic E-state index is -4.21. The highest BCUT2D eigenvalue weighted by atomic mass is 32.2. The van der Waals surface area contributed by atoms with Crippen LogP contribution in [0.5, 0.6) is 11.5 Å². The summed E-state index contributed by atoms with van der Waals surface area (Å²) in [5.41, 5.74) is -0.338. The summed E-state index contributed by atoms with van der Waals surface area (Å²) in [7, 11) is -4.21. The molecular weight excluding hydrogens is 353 g/mol. The van der Waals surface area contributed by atoms with Crippen molar-refractivity contribution < 1.29 is 27.4 Å². The van der Waals surface area contributed by atoms with Crippen LogP contribution >= 0.6 is 0 Å². The van der Waals surface area contributed by atoms with Gasteiger partial charge in [0.05, 0.1) is 0 Å². The molecule has 1 aromatic carbocycles. The first kappa shape index (κ1) is 17.7. The Bertz CT molecular complexity index is 812. The van der Waals surface area contributed by atoms with Crippen LogP contribution in [0.15, 0.2) is 6.07 Å². The Labute approximate surface area is 145 Å². The lowest BCUT2D eigenvalue weighted by atomic mass is 10.1. The maximum Gasteiger partial charge on any atom is 0.326 e. The maximum absolute atomic E-state index is 14.9. The third-order valence-corrected chi connectivity index (χ3v) is 5.38. The second kappa shape index (κ2) is 6.34. The molecule has 2 aliphatic rings. The van der Waals surface area contributed by atoms with Crippen molar-refractivity contribution in [3.05, 3.63) is 17.4 Å². The van der Waals surface area contributed by atoms with E-state index in [2.05, 4.69) is 19.2 Å². The van der Waals surface area contributed by atoms with Crippen LogP contribution in [0.3, 0.4) is 0 Å². The predicted octanol–water partition coefficient (Wildman–Crippen LogP) is 0.261. The molecule has 2 aliphatic heterocycles. The molecule has 3 rings (SSSR count). The Balaban J connectivity index is 1.86. The van der Waals surface area contributed by atoms with Crippen LogP contribution in [0.1, 0.15) is 19.4 Å². The summed E-state index contributed by atoms with van der Waals surface area (Å²) < 4.78 is 46.6. The molecule has 138 valence electrons. The monoisotopic (exact) mass is 373 g/mol. The number of carbonyl (C=O) groups excluding carboxylic acids is 1. The van der Waals surface area contributed by atoms with Gasteiger partial charge < -0.3 is 15.2 Å². The van der Waals surface area contributed by atoms with E-state index in [0.717, 1.165) is 6.54 Å². The SMILES string of the molecule is CC(C)CNC[C@H]1Cc2c(cc(O)c(N3CC(=O)NS3(=O)=O)c2F)O1. The van der Waals surface area contributed by atoms with Crippen LogP contribution in [0, 0.1) is 11.7 Å². The number of amides is 1. The number of halogens is 1. The zero-order valence-corrected chi connectivity index (χ0v) is 14.7. The lowest BCUT2D eigenvalue weighted by molar-refractivity contribution is -0.117. The van der Waals surface area contributed by atoms with Gasteiger partial charge in [0.2, 0.25) is 0 Å². The number of benzene rings is 1. The third-order valence-electron chi connectivity index (χ3n) is 4.00. The summed E-state index contributed by atoms with van der Waals surface area (Å²) in [6, 6.07) is 1.19. The number of nitrogens with one attached hydrogen (secondary N) is 2. The Morgan fingerprint density at radius 1 is 1.52 bits per heavy atom. The van der Waals surface area contributed by atoms with Gasteiger partial charge in [0.15, 0.2) is 5.82 Å². The van der Waals surface area contributed by atoms with E-state index in [0.29, 0.717) is 16.8 Å². The van der Waals surface area contributed by atoms with E-state index < -0.39 is 39.9 Å². The molecule has 1 amide bonds. The van der Waals surface area contributed by atoms with Gasteiger partial charge in [-0.25, -0.2) is 13.4 Å². The number of hydrogen-bond donors (Lipinski definition) is 3. The number of anilines is 1. The quantitative estimate of drug-likeness (QED) is 0.683. The van der Waals surface area contributed by atoms with E-state index >= 15 is 0 Å². The second-order valence-electron chi connectivity index (χ2n) is 6.57. The summed E-state index contributed by atoms with van der Waals surface area (Å²) in [5.74, 6) is -1.62. The first-order valence-electron chi connectivity index (χ1n) is 7.94. The van der Waals surface area contributed by atoms with E-state index in [-0.39, 0.29) is 23.8 Å². The average molecular weight is 373 g/mol. The van der Waals surface area contributed by atoms with Gasteiger partial charge in [-0.3, -0.25) is 4.79 Å². The van der Waals surface area contributed by atoms with Gasteiger partial charge in [-0.1, -0.05) is 13.8 Å². The van der Waals surface area contributed by atoms with Crippen molar-refractivity contribution in [2.24, 2.45) is 5.92 Å². The van der Waals surface area contributed by atoms with Crippen molar-refractivity contribution in [2.45, 2.75) is 26.4 Å². The average Bonchev–Trinajstić information content (AvgIpc) is 2.99. The number of ether oxygens (including phenoxy) is 1. The van der Waals surface area contributed by atoms with Gasteiger partial charge in [-0.15, -0.1) is 0 Å². The largest absolute Gasteiger partial charge is 0.505 e. The topological polar surface area (TPSA) is 108 Å². The molecule has 0 saturated carbocycles. The molecule has 0 aromatic heterocycles. The lowest BCUT2D eigenvalue weighted by Crippen LogP contribution is -2.32. The highest BCUT2D eigenvalue weighted by molar-refractivity contribution is 7.92. The number of phenolic OH excluding ortho intramolecular Hbond substituents is 1. The minimum Gasteiger partial charge on any atom is -0.505 e. The fraction of sp³-hybridized carbons (Fsp3) is 0.533. The number of nitrogens with zero attached hydrogens (tertiary/aromatic N) is 1. The molecule has 0 spiro atoms. The Kier molecular flexibility index (Phi) is 4.50. The molecule has 10 heteroatoms. The molecular formula is C15H20FN3O5S. The van der Waals surface area contributed by atoms with E-state index in [1.807, 2.05) is 0 Å². The number of rotatable bonds is 5. The van der Waals surface area contributed by atoms with E-state index in [1.165, 1.54) is 6.07 Å². The number of carbonyl (C=O) groups is 1. The summed E-state index contributed by atoms with van der Waals surface area (Å²) >= 11 is 0. The molecule has 1 saturated heterocycles. The lowest BCUT2D eigenvalue weighted by Gasteiger charge is -2.18. The molecule has 2 heterocycles. The summed E-state index contributed by atoms with van der Waals surface area (Å²) in [6.45, 7) is 4.84. The van der Waals surface area contributed by atoms with Crippen molar-refractivity contribution >= 4 is 21.8 Å². The third kappa shape index (κ3) is 3.36. The van der Waals surface area contributed by atoms with E-state index in [4.69, 9.17) is 4.74 Å². The van der Waals surface area contributed by atoms with Gasteiger partial charge in [0.1, 0.15) is 29.8 Å². The first-order valence-corrected chi connectivity index (χ1v) is 9.38. The van der Waals surface area contributed by atoms with Gasteiger partial charge in [-0.05, 0) is 12.5 Å². The van der Waals surface area contributed by atoms with Crippen molar-refractivity contribution in [3.8, 4) is 11.5 Å². The molecule has 1 fully saturated rings. The Morgan fingerprint density at radius 2 is 2.24 bits per heavy atom. The number of fused-ring (bicyclic) bond motifs is 1. The maximum atomic E-state index is 14.9. The van der Waals surface area contributed by atoms with Crippen molar-refractivity contribution in [1.82, 2.24) is 10.0 Å². The van der Waals surface area contributed by atoms with Crippen LogP contribution < -0.4 is 19.1 Å². The van der Waals surface area contributed by atoms with Gasteiger partial charge in [0.25, 0.3) is 5.91 Å². The van der Waals surface area contributed by atoms with E-state index in [9.17, 15) is 22.7 Å². The molecule has 25 heavy (non-hydrogen) atoms. The molecule has 1 atom stereocenters. The molecule has 1 aromatic rings. The van der Waals surface area contributed by atoms with Gasteiger partial charge in [0, 0.05) is 24.6 Å². The first-order chi connectivity index (χ1) is 11.7. The fourth-order valence-electron chi connectivity index (χ4n) is 2.92. The summed E-state index contributed by atoms with van der Waals surface area (Å²) in [6.07, 6.45) is -0.0673. The standard InChI is InChI=1S/C15H20FN3O5S/c1-8(2)5-17-6-9-3-10-12(24-9)4-11(20)15(14(10)16)19-7-13(21)18-25(19,22)23/h4,8-9,17,20H,3,5-7H2,1-2H3,(H,18,21)/t9-/m1/s1. The van der Waals surface area contributed by atoms with Crippen LogP contribution in [0.25, 0.3) is 0 Å². The number of phenols is 1. The Morgan fingerprint density at radius 3 is 2.84 bits per heavy atom. The molecule has 0 aliphatic carbocycles. The zero-order valence-electron chi connectivity index (χ0n) is 13.9. The van der Waals surface area contributed by atoms with Crippen LogP contribution in [0.2, 0.25) is 0 Å². The summed E-state index contributed by atoms with van der Waals surface area (Å²) in [4.78, 5) is 11.4. The fourth-order valence-corrected chi connectivity index (χ4v) is 4.08. The molecule has 3 N–H and O–H groups in total. The number of hydrogen-bond acceptors (Lipinski definition) is 6.